The van der Waals surface area contributed by atoms with E-state index in [0.717, 1.165) is 0 Å². The molecule has 4 amide bonds. The number of hydrogen-bond acceptors (Lipinski definition) is 9. The molecule has 1 unspecified atom stereocenters. The predicted octanol–water partition coefficient (Wildman–Crippen LogP) is 2.47. The number of carbonyl (C=O) groups excluding carboxylic acids is 6. The number of rotatable bonds is 12. The molecule has 2 aromatic rings. The molecule has 4 rings (SSSR count). The summed E-state index contributed by atoms with van der Waals surface area (Å²) in [5.74, 6) is -4.63. The smallest absolute Gasteiger partial charge is 0.338 e. The van der Waals surface area contributed by atoms with E-state index in [1.165, 1.54) is 25.1 Å². The van der Waals surface area contributed by atoms with Crippen LogP contribution in [0.1, 0.15) is 61.6 Å². The Bertz CT molecular complexity index is 1480. The quantitative estimate of drug-likeness (QED) is 0.143. The van der Waals surface area contributed by atoms with E-state index in [1.807, 2.05) is 0 Å². The summed E-state index contributed by atoms with van der Waals surface area (Å²) in [6.07, 6.45) is 2.64. The van der Waals surface area contributed by atoms with Crippen molar-refractivity contribution >= 4 is 41.5 Å². The average Bonchev–Trinajstić information content (AvgIpc) is 3.56. The SMILES string of the molecule is CCOC(=O)c1ccc(C(CC(=O)N[C@H](C(=O)[C@@H]2C(=O)NC(=O)[C@H]2C)C(C)C)NC(=O)/C=C/c2ccc3c(c2)OCO3)cc1. The number of amides is 4. The van der Waals surface area contributed by atoms with Gasteiger partial charge in [-0.2, -0.15) is 0 Å². The number of benzene rings is 2. The van der Waals surface area contributed by atoms with Crippen molar-refractivity contribution in [2.75, 3.05) is 13.4 Å². The van der Waals surface area contributed by atoms with Gasteiger partial charge in [0.2, 0.25) is 30.4 Å². The summed E-state index contributed by atoms with van der Waals surface area (Å²) in [5, 5.41) is 7.68. The fourth-order valence-corrected chi connectivity index (χ4v) is 4.97. The van der Waals surface area contributed by atoms with Crippen LogP contribution in [0.4, 0.5) is 0 Å². The number of ketones is 1. The molecule has 0 saturated carbocycles. The van der Waals surface area contributed by atoms with Crippen molar-refractivity contribution in [1.29, 1.82) is 0 Å². The molecule has 12 nitrogen and oxygen atoms in total. The second kappa shape index (κ2) is 14.0. The Hall–Kier alpha value is -5.00. The fraction of sp³-hybridized carbons (Fsp3) is 0.375. The third-order valence-corrected chi connectivity index (χ3v) is 7.39. The molecule has 44 heavy (non-hydrogen) atoms. The molecule has 2 aliphatic heterocycles. The number of nitrogens with one attached hydrogen (secondary N) is 3. The third-order valence-electron chi connectivity index (χ3n) is 7.39. The largest absolute Gasteiger partial charge is 0.462 e. The van der Waals surface area contributed by atoms with Crippen molar-refractivity contribution in [2.24, 2.45) is 17.8 Å². The van der Waals surface area contributed by atoms with E-state index < -0.39 is 59.3 Å². The molecule has 2 heterocycles. The van der Waals surface area contributed by atoms with Gasteiger partial charge in [-0.1, -0.05) is 39.0 Å². The summed E-state index contributed by atoms with van der Waals surface area (Å²) in [4.78, 5) is 76.0. The number of Topliss-reactive ketones (excluding diaryl/α,β-unsaturated/α-hetero) is 1. The van der Waals surface area contributed by atoms with Crippen LogP contribution in [0.25, 0.3) is 6.08 Å². The van der Waals surface area contributed by atoms with E-state index in [4.69, 9.17) is 14.2 Å². The Morgan fingerprint density at radius 2 is 1.70 bits per heavy atom. The Balaban J connectivity index is 1.51. The summed E-state index contributed by atoms with van der Waals surface area (Å²) in [6.45, 7) is 6.95. The van der Waals surface area contributed by atoms with Gasteiger partial charge in [-0.25, -0.2) is 4.79 Å². The maximum atomic E-state index is 13.3. The van der Waals surface area contributed by atoms with Gasteiger partial charge >= 0.3 is 5.97 Å². The van der Waals surface area contributed by atoms with Gasteiger partial charge in [-0.15, -0.1) is 0 Å². The van der Waals surface area contributed by atoms with Crippen LogP contribution in [-0.2, 0) is 28.7 Å². The molecule has 232 valence electrons. The molecule has 0 aromatic heterocycles. The highest BCUT2D eigenvalue weighted by atomic mass is 16.7. The molecule has 3 N–H and O–H groups in total. The first kappa shape index (κ1) is 31.9. The predicted molar refractivity (Wildman–Crippen MR) is 157 cm³/mol. The summed E-state index contributed by atoms with van der Waals surface area (Å²) in [6, 6.07) is 9.61. The lowest BCUT2D eigenvalue weighted by atomic mass is 9.85. The fourth-order valence-electron chi connectivity index (χ4n) is 4.97. The molecule has 1 fully saturated rings. The minimum atomic E-state index is -1.21. The van der Waals surface area contributed by atoms with Crippen molar-refractivity contribution in [1.82, 2.24) is 16.0 Å². The summed E-state index contributed by atoms with van der Waals surface area (Å²) in [7, 11) is 0. The first-order chi connectivity index (χ1) is 21.0. The van der Waals surface area contributed by atoms with Crippen LogP contribution in [0.2, 0.25) is 0 Å². The van der Waals surface area contributed by atoms with Gasteiger partial charge < -0.3 is 24.8 Å². The van der Waals surface area contributed by atoms with E-state index in [1.54, 1.807) is 57.2 Å². The van der Waals surface area contributed by atoms with Crippen molar-refractivity contribution in [3.63, 3.8) is 0 Å². The average molecular weight is 606 g/mol. The number of carbonyl (C=O) groups is 6. The second-order valence-corrected chi connectivity index (χ2v) is 10.9. The van der Waals surface area contributed by atoms with Gasteiger partial charge in [0.1, 0.15) is 5.92 Å². The maximum absolute atomic E-state index is 13.3. The van der Waals surface area contributed by atoms with Crippen molar-refractivity contribution in [2.45, 2.75) is 46.2 Å². The molecule has 12 heteroatoms. The monoisotopic (exact) mass is 605 g/mol. The molecule has 1 saturated heterocycles. The highest BCUT2D eigenvalue weighted by molar-refractivity contribution is 6.16. The highest BCUT2D eigenvalue weighted by Crippen LogP contribution is 2.33. The number of fused-ring (bicyclic) bond motifs is 1. The topological polar surface area (TPSA) is 166 Å². The van der Waals surface area contributed by atoms with E-state index in [-0.39, 0.29) is 25.7 Å². The van der Waals surface area contributed by atoms with Crippen LogP contribution in [0.15, 0.2) is 48.5 Å². The van der Waals surface area contributed by atoms with E-state index >= 15 is 0 Å². The van der Waals surface area contributed by atoms with Crippen LogP contribution < -0.4 is 25.4 Å². The summed E-state index contributed by atoms with van der Waals surface area (Å²) in [5.41, 5.74) is 1.52. The number of hydrogen-bond donors (Lipinski definition) is 3. The minimum Gasteiger partial charge on any atom is -0.462 e. The Morgan fingerprint density at radius 1 is 1.00 bits per heavy atom. The summed E-state index contributed by atoms with van der Waals surface area (Å²) >= 11 is 0. The summed E-state index contributed by atoms with van der Waals surface area (Å²) < 4.78 is 15.7. The molecular weight excluding hydrogens is 570 g/mol. The van der Waals surface area contributed by atoms with Crippen LogP contribution in [-0.4, -0.2) is 54.8 Å². The van der Waals surface area contributed by atoms with Gasteiger partial charge in [0.15, 0.2) is 17.3 Å². The number of ether oxygens (including phenoxy) is 3. The molecule has 0 aliphatic carbocycles. The number of imide groups is 1. The molecule has 2 aliphatic rings. The van der Waals surface area contributed by atoms with Crippen molar-refractivity contribution < 1.29 is 43.0 Å². The van der Waals surface area contributed by atoms with Crippen molar-refractivity contribution in [3.05, 3.63) is 65.2 Å². The van der Waals surface area contributed by atoms with Gasteiger partial charge in [0.05, 0.1) is 36.6 Å². The molecular formula is C32H35N3O9. The lowest BCUT2D eigenvalue weighted by Crippen LogP contribution is -2.49. The zero-order valence-electron chi connectivity index (χ0n) is 24.9. The van der Waals surface area contributed by atoms with E-state index in [9.17, 15) is 28.8 Å². The molecule has 4 atom stereocenters. The molecule has 2 aromatic carbocycles. The second-order valence-electron chi connectivity index (χ2n) is 10.9. The molecule has 0 spiro atoms. The van der Waals surface area contributed by atoms with Gasteiger partial charge in [0.25, 0.3) is 0 Å². The Labute approximate surface area is 254 Å². The first-order valence-corrected chi connectivity index (χ1v) is 14.3. The number of esters is 1. The molecule has 0 bridgehead atoms. The Kier molecular flexibility index (Phi) is 10.1. The van der Waals surface area contributed by atoms with Crippen LogP contribution in [0.3, 0.4) is 0 Å². The van der Waals surface area contributed by atoms with E-state index in [0.29, 0.717) is 28.2 Å². The standard InChI is InChI=1S/C32H35N3O9/c1-5-42-32(41)21-10-8-20(9-11-21)22(33-25(36)13-7-19-6-12-23-24(14-19)44-16-43-23)15-26(37)34-28(17(2)3)29(38)27-18(4)30(39)35-31(27)40/h6-14,17-18,22,27-28H,5,15-16H2,1-4H3,(H,33,36)(H,34,37)(H,35,39,40)/b13-7+/t18-,22?,27+,28-/m0/s1. The van der Waals surface area contributed by atoms with Crippen LogP contribution >= 0.6 is 0 Å². The van der Waals surface area contributed by atoms with Gasteiger partial charge in [0, 0.05) is 6.08 Å². The zero-order chi connectivity index (χ0) is 32.0. The van der Waals surface area contributed by atoms with E-state index in [2.05, 4.69) is 16.0 Å². The van der Waals surface area contributed by atoms with Crippen LogP contribution in [0, 0.1) is 17.8 Å². The lowest BCUT2D eigenvalue weighted by molar-refractivity contribution is -0.137. The normalized spacial score (nSPS) is 18.6. The minimum absolute atomic E-state index is 0.121. The van der Waals surface area contributed by atoms with Gasteiger partial charge in [-0.3, -0.25) is 29.3 Å². The van der Waals surface area contributed by atoms with Crippen molar-refractivity contribution in [3.8, 4) is 11.5 Å². The Morgan fingerprint density at radius 3 is 2.34 bits per heavy atom. The third kappa shape index (κ3) is 7.49. The first-order valence-electron chi connectivity index (χ1n) is 14.3. The lowest BCUT2D eigenvalue weighted by Gasteiger charge is -2.26. The van der Waals surface area contributed by atoms with Crippen LogP contribution in [0.5, 0.6) is 11.5 Å². The molecule has 0 radical (unpaired) electrons. The maximum Gasteiger partial charge on any atom is 0.338 e. The highest BCUT2D eigenvalue weighted by Gasteiger charge is 2.46. The van der Waals surface area contributed by atoms with Gasteiger partial charge in [-0.05, 0) is 54.3 Å². The zero-order valence-corrected chi connectivity index (χ0v) is 24.9.